The Kier molecular flexibility index (Phi) is 9.20. The topological polar surface area (TPSA) is 149 Å². The van der Waals surface area contributed by atoms with E-state index in [4.69, 9.17) is 26.4 Å². The first-order valence-corrected chi connectivity index (χ1v) is 20.6. The van der Waals surface area contributed by atoms with E-state index in [2.05, 4.69) is 61.1 Å². The number of carbonyl (C=O) groups is 3. The van der Waals surface area contributed by atoms with E-state index in [1.54, 1.807) is 22.8 Å². The number of pyridine rings is 1. The van der Waals surface area contributed by atoms with E-state index < -0.39 is 6.03 Å². The minimum absolute atomic E-state index is 0.126. The van der Waals surface area contributed by atoms with Crippen molar-refractivity contribution < 1.29 is 19.1 Å². The lowest BCUT2D eigenvalue weighted by Crippen LogP contribution is -2.50. The maximum atomic E-state index is 13.0. The van der Waals surface area contributed by atoms with Gasteiger partial charge in [0.2, 0.25) is 5.91 Å². The summed E-state index contributed by atoms with van der Waals surface area (Å²) in [5, 5.41) is 14.1. The van der Waals surface area contributed by atoms with Crippen LogP contribution in [-0.2, 0) is 17.8 Å². The van der Waals surface area contributed by atoms with Crippen LogP contribution in [0.3, 0.4) is 0 Å². The highest BCUT2D eigenvalue weighted by atomic mass is 35.5. The predicted octanol–water partition coefficient (Wildman–Crippen LogP) is 6.34. The number of nitrogens with one attached hydrogen (secondary N) is 3. The summed E-state index contributed by atoms with van der Waals surface area (Å²) in [6, 6.07) is 17.9. The van der Waals surface area contributed by atoms with Gasteiger partial charge in [0.25, 0.3) is 5.91 Å². The van der Waals surface area contributed by atoms with E-state index in [0.717, 1.165) is 99.6 Å². The summed E-state index contributed by atoms with van der Waals surface area (Å²) in [6.45, 7) is 3.98. The molecule has 3 aromatic heterocycles. The number of imidazole rings is 1. The molecule has 2 aromatic carbocycles. The lowest BCUT2D eigenvalue weighted by Gasteiger charge is -2.51. The van der Waals surface area contributed by atoms with Gasteiger partial charge >= 0.3 is 6.03 Å². The molecule has 5 aliphatic rings. The molecule has 10 rings (SSSR count). The van der Waals surface area contributed by atoms with Crippen LogP contribution in [0, 0.1) is 5.41 Å². The number of nitrogens with zero attached hydrogens (tertiary/aromatic N) is 7. The van der Waals surface area contributed by atoms with Gasteiger partial charge < -0.3 is 20.3 Å². The normalized spacial score (nSPS) is 19.3. The summed E-state index contributed by atoms with van der Waals surface area (Å²) in [5.41, 5.74) is 8.33. The number of hydrogen-bond donors (Lipinski definition) is 3. The van der Waals surface area contributed by atoms with Crippen LogP contribution < -0.4 is 30.5 Å². The number of imide groups is 1. The third-order valence-electron chi connectivity index (χ3n) is 12.5. The van der Waals surface area contributed by atoms with Crippen molar-refractivity contribution >= 4 is 58.0 Å². The number of carbonyl (C=O) groups excluding carboxylic acids is 3. The average molecular weight is 801 g/mol. The van der Waals surface area contributed by atoms with Crippen LogP contribution in [0.1, 0.15) is 66.6 Å². The molecule has 3 aliphatic heterocycles. The first kappa shape index (κ1) is 36.6. The van der Waals surface area contributed by atoms with E-state index >= 15 is 0 Å². The molecule has 0 radical (unpaired) electrons. The molecule has 1 spiro atoms. The molecule has 0 unspecified atom stereocenters. The van der Waals surface area contributed by atoms with Crippen molar-refractivity contribution in [2.45, 2.75) is 70.1 Å². The summed E-state index contributed by atoms with van der Waals surface area (Å²) < 4.78 is 8.02. The third-order valence-corrected chi connectivity index (χ3v) is 12.8. The monoisotopic (exact) mass is 800 g/mol. The Labute approximate surface area is 340 Å². The van der Waals surface area contributed by atoms with Gasteiger partial charge in [-0.25, -0.2) is 14.3 Å². The zero-order valence-corrected chi connectivity index (χ0v) is 33.1. The standard InChI is InChI=1S/C43H45ClN10O4/c1-45-34-20-38(50-54-37(24-47-40(34)54)41(56)48-27-6-7-27)52-15-11-31-30(3-2-4-35(31)52)33-10-5-26(23-46-33)25-51-17-13-43(14-18-51)21-29(22-43)58-28-8-9-32(44)36(19-28)53-16-12-39(55)49-42(53)57/h2-5,8-10,19-20,23-24,27,29,45H,6-7,11-18,21-22,25H2,1H3,(H,48,56)(H,49,55,57). The third kappa shape index (κ3) is 6.87. The number of piperidine rings is 1. The van der Waals surface area contributed by atoms with Crippen molar-refractivity contribution in [3.8, 4) is 17.0 Å². The molecule has 298 valence electrons. The second-order valence-electron chi connectivity index (χ2n) is 16.3. The summed E-state index contributed by atoms with van der Waals surface area (Å²) in [5.74, 6) is 1.01. The van der Waals surface area contributed by atoms with Gasteiger partial charge in [-0.05, 0) is 98.8 Å². The Morgan fingerprint density at radius 2 is 1.78 bits per heavy atom. The highest BCUT2D eigenvalue weighted by Gasteiger charge is 2.47. The van der Waals surface area contributed by atoms with Gasteiger partial charge in [-0.3, -0.25) is 29.7 Å². The Hall–Kier alpha value is -5.73. The van der Waals surface area contributed by atoms with Gasteiger partial charge in [0, 0.05) is 68.7 Å². The van der Waals surface area contributed by atoms with Crippen LogP contribution in [-0.4, -0.2) is 87.7 Å². The molecule has 5 aromatic rings. The van der Waals surface area contributed by atoms with Crippen LogP contribution in [0.2, 0.25) is 5.02 Å². The molecule has 2 saturated carbocycles. The van der Waals surface area contributed by atoms with Crippen molar-refractivity contribution in [1.29, 1.82) is 0 Å². The maximum Gasteiger partial charge on any atom is 0.328 e. The molecule has 15 heteroatoms. The number of aromatic nitrogens is 4. The molecular formula is C43H45ClN10O4. The van der Waals surface area contributed by atoms with Crippen LogP contribution >= 0.6 is 11.6 Å². The Balaban J connectivity index is 0.760. The first-order chi connectivity index (χ1) is 28.2. The fourth-order valence-corrected chi connectivity index (χ4v) is 9.32. The predicted molar refractivity (Wildman–Crippen MR) is 221 cm³/mol. The summed E-state index contributed by atoms with van der Waals surface area (Å²) >= 11 is 6.44. The SMILES string of the molecule is CNc1cc(N2CCc3c(-c4ccc(CN5CCC6(CC5)CC(Oc5ccc(Cl)c(N7CCC(=O)NC7=O)c5)C6)cn4)cccc32)nn2c(C(=O)NC3CC3)cnc12. The Bertz CT molecular complexity index is 2430. The van der Waals surface area contributed by atoms with Gasteiger partial charge in [0.15, 0.2) is 17.2 Å². The number of anilines is 4. The van der Waals surface area contributed by atoms with Gasteiger partial charge in [0.05, 0.1) is 34.4 Å². The quantitative estimate of drug-likeness (QED) is 0.146. The lowest BCUT2D eigenvalue weighted by molar-refractivity contribution is -0.120. The second-order valence-corrected chi connectivity index (χ2v) is 16.7. The molecule has 4 amide bonds. The Morgan fingerprint density at radius 3 is 2.53 bits per heavy atom. The number of fused-ring (bicyclic) bond motifs is 2. The minimum atomic E-state index is -0.461. The van der Waals surface area contributed by atoms with E-state index in [1.807, 2.05) is 25.4 Å². The zero-order valence-electron chi connectivity index (χ0n) is 32.3. The van der Waals surface area contributed by atoms with Crippen LogP contribution in [0.4, 0.5) is 27.7 Å². The van der Waals surface area contributed by atoms with Crippen molar-refractivity contribution in [3.63, 3.8) is 0 Å². The molecule has 2 saturated heterocycles. The van der Waals surface area contributed by atoms with Crippen LogP contribution in [0.15, 0.2) is 67.0 Å². The number of benzene rings is 2. The largest absolute Gasteiger partial charge is 0.490 e. The summed E-state index contributed by atoms with van der Waals surface area (Å²) in [4.78, 5) is 52.8. The van der Waals surface area contributed by atoms with E-state index in [9.17, 15) is 14.4 Å². The molecule has 4 fully saturated rings. The molecule has 2 aliphatic carbocycles. The fourth-order valence-electron chi connectivity index (χ4n) is 9.10. The number of ether oxygens (including phenoxy) is 1. The number of halogens is 1. The Morgan fingerprint density at radius 1 is 0.948 bits per heavy atom. The maximum absolute atomic E-state index is 13.0. The smallest absolute Gasteiger partial charge is 0.328 e. The lowest BCUT2D eigenvalue weighted by atomic mass is 9.61. The highest BCUT2D eigenvalue weighted by Crippen LogP contribution is 2.51. The molecular weight excluding hydrogens is 756 g/mol. The number of rotatable bonds is 10. The summed E-state index contributed by atoms with van der Waals surface area (Å²) in [7, 11) is 1.86. The first-order valence-electron chi connectivity index (χ1n) is 20.2. The van der Waals surface area contributed by atoms with Gasteiger partial charge in [-0.1, -0.05) is 29.8 Å². The van der Waals surface area contributed by atoms with E-state index in [0.29, 0.717) is 39.8 Å². The minimum Gasteiger partial charge on any atom is -0.490 e. The number of likely N-dealkylation sites (tertiary alicyclic amines) is 1. The van der Waals surface area contributed by atoms with E-state index in [-0.39, 0.29) is 30.4 Å². The highest BCUT2D eigenvalue weighted by molar-refractivity contribution is 6.34. The molecule has 0 bridgehead atoms. The van der Waals surface area contributed by atoms with Gasteiger partial charge in [-0.15, -0.1) is 5.10 Å². The molecule has 6 heterocycles. The average Bonchev–Trinajstić information content (AvgIpc) is 3.75. The van der Waals surface area contributed by atoms with Crippen LogP contribution in [0.25, 0.3) is 16.9 Å². The van der Waals surface area contributed by atoms with Crippen LogP contribution in [0.5, 0.6) is 5.75 Å². The zero-order chi connectivity index (χ0) is 39.5. The van der Waals surface area contributed by atoms with Crippen molar-refractivity contribution in [2.75, 3.05) is 48.3 Å². The summed E-state index contributed by atoms with van der Waals surface area (Å²) in [6.07, 6.45) is 11.1. The molecule has 58 heavy (non-hydrogen) atoms. The molecule has 3 N–H and O–H groups in total. The number of amides is 4. The van der Waals surface area contributed by atoms with Crippen molar-refractivity contribution in [3.05, 3.63) is 88.8 Å². The fraction of sp³-hybridized carbons (Fsp3) is 0.395. The second kappa shape index (κ2) is 14.6. The van der Waals surface area contributed by atoms with Gasteiger partial charge in [-0.2, -0.15) is 0 Å². The number of hydrogen-bond acceptors (Lipinski definition) is 10. The van der Waals surface area contributed by atoms with Gasteiger partial charge in [0.1, 0.15) is 5.75 Å². The van der Waals surface area contributed by atoms with E-state index in [1.165, 1.54) is 16.0 Å². The van der Waals surface area contributed by atoms with Crippen molar-refractivity contribution in [2.24, 2.45) is 5.41 Å². The number of urea groups is 1. The molecule has 0 atom stereocenters. The van der Waals surface area contributed by atoms with Crippen molar-refractivity contribution in [1.82, 2.24) is 35.1 Å². The molecule has 14 nitrogen and oxygen atoms in total.